The topological polar surface area (TPSA) is 0 Å². The molecule has 216 valence electrons. The first kappa shape index (κ1) is 35.7. The number of rotatable bonds is 29. The Morgan fingerprint density at radius 3 is 1.25 bits per heavy atom. The van der Waals surface area contributed by atoms with E-state index in [1.807, 2.05) is 0 Å². The average Bonchev–Trinajstić information content (AvgIpc) is 2.89. The molecule has 0 saturated heterocycles. The molecule has 0 aliphatic rings. The van der Waals surface area contributed by atoms with Crippen LogP contribution in [0.25, 0.3) is 0 Å². The van der Waals surface area contributed by atoms with Gasteiger partial charge in [0.1, 0.15) is 0 Å². The Kier molecular flexibility index (Phi) is 27.6. The smallest absolute Gasteiger partial charge is 0.0266 e. The maximum absolute atomic E-state index is 2.64. The van der Waals surface area contributed by atoms with Crippen LogP contribution in [0.4, 0.5) is 0 Å². The SMILES string of the molecule is CCCCCCCC=CCC(CCCCCC)C(CCCCCC)(CCCCCC)CCCCCC. The van der Waals surface area contributed by atoms with Crippen LogP contribution in [0.5, 0.6) is 0 Å². The van der Waals surface area contributed by atoms with Crippen molar-refractivity contribution in [2.75, 3.05) is 0 Å². The second-order valence-electron chi connectivity index (χ2n) is 12.3. The van der Waals surface area contributed by atoms with Crippen LogP contribution in [-0.4, -0.2) is 0 Å². The summed E-state index contributed by atoms with van der Waals surface area (Å²) < 4.78 is 0. The van der Waals surface area contributed by atoms with E-state index >= 15 is 0 Å². The maximum atomic E-state index is 2.64. The number of hydrogen-bond donors (Lipinski definition) is 0. The van der Waals surface area contributed by atoms with E-state index in [1.165, 1.54) is 173 Å². The Balaban J connectivity index is 5.48. The molecular weight excluding hydrogens is 432 g/mol. The fourth-order valence-corrected chi connectivity index (χ4v) is 6.43. The standard InChI is InChI=1S/C36H72/c1-6-11-16-21-22-23-24-26-31-35(30-25-17-12-7-2)36(32-27-18-13-8-3,33-28-19-14-9-4)34-29-20-15-10-5/h24,26,35H,6-23,25,27-34H2,1-5H3. The Morgan fingerprint density at radius 2 is 0.806 bits per heavy atom. The summed E-state index contributed by atoms with van der Waals surface area (Å²) in [6, 6.07) is 0. The quantitative estimate of drug-likeness (QED) is 0.0701. The second kappa shape index (κ2) is 27.8. The molecule has 36 heavy (non-hydrogen) atoms. The van der Waals surface area contributed by atoms with Crippen molar-refractivity contribution in [2.45, 2.75) is 208 Å². The van der Waals surface area contributed by atoms with Crippen LogP contribution in [0.15, 0.2) is 12.2 Å². The highest BCUT2D eigenvalue weighted by atomic mass is 14.4. The lowest BCUT2D eigenvalue weighted by molar-refractivity contribution is 0.0917. The van der Waals surface area contributed by atoms with Crippen molar-refractivity contribution < 1.29 is 0 Å². The fraction of sp³-hybridized carbons (Fsp3) is 0.944. The van der Waals surface area contributed by atoms with Crippen molar-refractivity contribution in [3.8, 4) is 0 Å². The van der Waals surface area contributed by atoms with Gasteiger partial charge in [0.05, 0.1) is 0 Å². The molecule has 0 saturated carbocycles. The molecule has 0 bridgehead atoms. The normalized spacial score (nSPS) is 13.1. The zero-order valence-corrected chi connectivity index (χ0v) is 26.3. The number of hydrogen-bond acceptors (Lipinski definition) is 0. The van der Waals surface area contributed by atoms with Crippen LogP contribution >= 0.6 is 0 Å². The molecule has 0 heterocycles. The van der Waals surface area contributed by atoms with Gasteiger partial charge in [-0.25, -0.2) is 0 Å². The molecule has 0 aromatic rings. The summed E-state index contributed by atoms with van der Waals surface area (Å²) in [5.41, 5.74) is 0.604. The third kappa shape index (κ3) is 19.8. The van der Waals surface area contributed by atoms with Gasteiger partial charge in [0.2, 0.25) is 0 Å². The minimum Gasteiger partial charge on any atom is -0.0885 e. The van der Waals surface area contributed by atoms with E-state index in [-0.39, 0.29) is 0 Å². The highest BCUT2D eigenvalue weighted by Gasteiger charge is 2.36. The Labute approximate surface area is 231 Å². The van der Waals surface area contributed by atoms with E-state index < -0.39 is 0 Å². The van der Waals surface area contributed by atoms with Crippen LogP contribution in [0, 0.1) is 11.3 Å². The van der Waals surface area contributed by atoms with Gasteiger partial charge in [0.25, 0.3) is 0 Å². The first-order chi connectivity index (χ1) is 17.7. The van der Waals surface area contributed by atoms with Gasteiger partial charge >= 0.3 is 0 Å². The zero-order valence-electron chi connectivity index (χ0n) is 26.3. The molecule has 0 aliphatic carbocycles. The number of allylic oxidation sites excluding steroid dienone is 2. The van der Waals surface area contributed by atoms with Gasteiger partial charge in [-0.2, -0.15) is 0 Å². The van der Waals surface area contributed by atoms with E-state index in [1.54, 1.807) is 0 Å². The molecule has 0 radical (unpaired) electrons. The molecule has 0 N–H and O–H groups in total. The second-order valence-corrected chi connectivity index (χ2v) is 12.3. The zero-order chi connectivity index (χ0) is 26.6. The predicted molar refractivity (Wildman–Crippen MR) is 168 cm³/mol. The molecule has 0 nitrogen and oxygen atoms in total. The summed E-state index contributed by atoms with van der Waals surface area (Å²) in [5.74, 6) is 0.913. The van der Waals surface area contributed by atoms with Crippen LogP contribution < -0.4 is 0 Å². The molecule has 1 unspecified atom stereocenters. The van der Waals surface area contributed by atoms with E-state index in [9.17, 15) is 0 Å². The van der Waals surface area contributed by atoms with Crippen LogP contribution in [0.3, 0.4) is 0 Å². The van der Waals surface area contributed by atoms with Crippen molar-refractivity contribution in [1.82, 2.24) is 0 Å². The van der Waals surface area contributed by atoms with E-state index in [4.69, 9.17) is 0 Å². The van der Waals surface area contributed by atoms with E-state index in [0.717, 1.165) is 5.92 Å². The summed E-state index contributed by atoms with van der Waals surface area (Å²) in [5, 5.41) is 0. The van der Waals surface area contributed by atoms with Gasteiger partial charge in [-0.3, -0.25) is 0 Å². The van der Waals surface area contributed by atoms with Gasteiger partial charge < -0.3 is 0 Å². The molecule has 0 rings (SSSR count). The third-order valence-electron chi connectivity index (χ3n) is 8.92. The lowest BCUT2D eigenvalue weighted by atomic mass is 9.63. The van der Waals surface area contributed by atoms with Crippen molar-refractivity contribution in [1.29, 1.82) is 0 Å². The lowest BCUT2D eigenvalue weighted by Crippen LogP contribution is -2.31. The van der Waals surface area contributed by atoms with Crippen LogP contribution in [0.1, 0.15) is 208 Å². The summed E-state index contributed by atoms with van der Waals surface area (Å²) in [6.45, 7) is 11.8. The average molecular weight is 505 g/mol. The lowest BCUT2D eigenvalue weighted by Gasteiger charge is -2.42. The van der Waals surface area contributed by atoms with Crippen molar-refractivity contribution in [3.05, 3.63) is 12.2 Å². The molecule has 0 spiro atoms. The van der Waals surface area contributed by atoms with Crippen LogP contribution in [0.2, 0.25) is 0 Å². The maximum Gasteiger partial charge on any atom is -0.0266 e. The minimum absolute atomic E-state index is 0.604. The van der Waals surface area contributed by atoms with Gasteiger partial charge in [0.15, 0.2) is 0 Å². The summed E-state index contributed by atoms with van der Waals surface area (Å²) in [7, 11) is 0. The monoisotopic (exact) mass is 505 g/mol. The third-order valence-corrected chi connectivity index (χ3v) is 8.92. The molecular formula is C36H72. The van der Waals surface area contributed by atoms with Gasteiger partial charge in [-0.15, -0.1) is 0 Å². The van der Waals surface area contributed by atoms with E-state index in [0.29, 0.717) is 5.41 Å². The molecule has 0 heteroatoms. The Bertz CT molecular complexity index is 402. The molecule has 0 aromatic carbocycles. The summed E-state index contributed by atoms with van der Waals surface area (Å²) >= 11 is 0. The molecule has 0 amide bonds. The Morgan fingerprint density at radius 1 is 0.417 bits per heavy atom. The van der Waals surface area contributed by atoms with Crippen molar-refractivity contribution in [2.24, 2.45) is 11.3 Å². The minimum atomic E-state index is 0.604. The van der Waals surface area contributed by atoms with Crippen molar-refractivity contribution >= 4 is 0 Å². The largest absolute Gasteiger partial charge is 0.0885 e. The summed E-state index contributed by atoms with van der Waals surface area (Å²) in [4.78, 5) is 0. The molecule has 0 fully saturated rings. The highest BCUT2D eigenvalue weighted by Crippen LogP contribution is 2.47. The highest BCUT2D eigenvalue weighted by molar-refractivity contribution is 4.93. The number of unbranched alkanes of at least 4 members (excludes halogenated alkanes) is 17. The van der Waals surface area contributed by atoms with Gasteiger partial charge in [0, 0.05) is 0 Å². The van der Waals surface area contributed by atoms with E-state index in [2.05, 4.69) is 46.8 Å². The van der Waals surface area contributed by atoms with Gasteiger partial charge in [-0.1, -0.05) is 175 Å². The summed E-state index contributed by atoms with van der Waals surface area (Å²) in [6.07, 6.45) is 43.8. The van der Waals surface area contributed by atoms with Crippen molar-refractivity contribution in [3.63, 3.8) is 0 Å². The fourth-order valence-electron chi connectivity index (χ4n) is 6.43. The molecule has 0 aromatic heterocycles. The predicted octanol–water partition coefficient (Wildman–Crippen LogP) is 13.8. The van der Waals surface area contributed by atoms with Gasteiger partial charge in [-0.05, 0) is 56.3 Å². The first-order valence-corrected chi connectivity index (χ1v) is 17.4. The molecule has 1 atom stereocenters. The van der Waals surface area contributed by atoms with Crippen LogP contribution in [-0.2, 0) is 0 Å². The Hall–Kier alpha value is -0.260. The first-order valence-electron chi connectivity index (χ1n) is 17.4. The molecule has 0 aliphatic heterocycles.